The number of aryl methyl sites for hydroxylation is 2. The van der Waals surface area contributed by atoms with Crippen LogP contribution in [-0.4, -0.2) is 46.4 Å². The lowest BCUT2D eigenvalue weighted by Crippen LogP contribution is -2.14. The molecular formula is C20H22FN5O4S. The van der Waals surface area contributed by atoms with E-state index in [9.17, 15) is 14.0 Å². The molecule has 0 radical (unpaired) electrons. The van der Waals surface area contributed by atoms with Crippen molar-refractivity contribution in [2.24, 2.45) is 0 Å². The highest BCUT2D eigenvalue weighted by atomic mass is 32.1. The molecule has 11 heteroatoms. The van der Waals surface area contributed by atoms with Crippen LogP contribution >= 0.6 is 11.3 Å². The SMILES string of the molecule is C1CCOC1.COc1cnc(C)c(F)c1-c1cc(C)ncc1C(=O)Nc1n[nH]c(=O)s1. The van der Waals surface area contributed by atoms with Crippen LogP contribution in [0, 0.1) is 19.7 Å². The molecule has 0 spiro atoms. The molecule has 1 aliphatic rings. The first kappa shape index (κ1) is 22.5. The normalized spacial score (nSPS) is 12.8. The van der Waals surface area contributed by atoms with E-state index in [1.165, 1.54) is 39.3 Å². The van der Waals surface area contributed by atoms with Crippen LogP contribution in [0.4, 0.5) is 9.52 Å². The minimum absolute atomic E-state index is 0.102. The highest BCUT2D eigenvalue weighted by Gasteiger charge is 2.22. The van der Waals surface area contributed by atoms with Gasteiger partial charge in [-0.15, -0.1) is 5.10 Å². The van der Waals surface area contributed by atoms with Crippen LogP contribution in [0.5, 0.6) is 5.75 Å². The van der Waals surface area contributed by atoms with Crippen LogP contribution < -0.4 is 14.9 Å². The molecule has 0 bridgehead atoms. The number of nitrogens with zero attached hydrogens (tertiary/aromatic N) is 3. The van der Waals surface area contributed by atoms with Gasteiger partial charge in [0.15, 0.2) is 5.82 Å². The maximum absolute atomic E-state index is 14.8. The first-order valence-corrected chi connectivity index (χ1v) is 10.3. The van der Waals surface area contributed by atoms with Crippen molar-refractivity contribution in [3.8, 4) is 16.9 Å². The molecule has 0 unspecified atom stereocenters. The van der Waals surface area contributed by atoms with Crippen LogP contribution in [-0.2, 0) is 4.74 Å². The molecule has 31 heavy (non-hydrogen) atoms. The Morgan fingerprint density at radius 3 is 2.58 bits per heavy atom. The lowest BCUT2D eigenvalue weighted by atomic mass is 9.99. The molecule has 1 aliphatic heterocycles. The number of rotatable bonds is 4. The van der Waals surface area contributed by atoms with Gasteiger partial charge in [0.25, 0.3) is 5.91 Å². The largest absolute Gasteiger partial charge is 0.494 e. The molecule has 1 saturated heterocycles. The van der Waals surface area contributed by atoms with Gasteiger partial charge in [0, 0.05) is 30.7 Å². The number of ether oxygens (including phenoxy) is 2. The highest BCUT2D eigenvalue weighted by molar-refractivity contribution is 7.13. The van der Waals surface area contributed by atoms with Gasteiger partial charge in [-0.3, -0.25) is 24.9 Å². The number of carbonyl (C=O) groups is 1. The number of halogens is 1. The summed E-state index contributed by atoms with van der Waals surface area (Å²) >= 11 is 0.745. The molecule has 0 atom stereocenters. The summed E-state index contributed by atoms with van der Waals surface area (Å²) in [7, 11) is 1.39. The van der Waals surface area contributed by atoms with Crippen LogP contribution in [0.2, 0.25) is 0 Å². The van der Waals surface area contributed by atoms with Crippen molar-refractivity contribution >= 4 is 22.4 Å². The fourth-order valence-corrected chi connectivity index (χ4v) is 3.38. The quantitative estimate of drug-likeness (QED) is 0.631. The molecule has 0 aliphatic carbocycles. The number of aromatic amines is 1. The summed E-state index contributed by atoms with van der Waals surface area (Å²) in [5, 5.41) is 8.50. The Morgan fingerprint density at radius 1 is 1.26 bits per heavy atom. The zero-order valence-corrected chi connectivity index (χ0v) is 18.1. The number of methoxy groups -OCH3 is 1. The van der Waals surface area contributed by atoms with Gasteiger partial charge in [0.2, 0.25) is 5.13 Å². The van der Waals surface area contributed by atoms with E-state index < -0.39 is 16.6 Å². The zero-order valence-electron chi connectivity index (χ0n) is 17.3. The van der Waals surface area contributed by atoms with E-state index in [0.29, 0.717) is 11.3 Å². The third kappa shape index (κ3) is 5.50. The number of pyridine rings is 2. The third-order valence-corrected chi connectivity index (χ3v) is 5.08. The predicted molar refractivity (Wildman–Crippen MR) is 114 cm³/mol. The van der Waals surface area contributed by atoms with E-state index in [2.05, 4.69) is 25.5 Å². The van der Waals surface area contributed by atoms with Crippen molar-refractivity contribution < 1.29 is 18.7 Å². The number of amides is 1. The number of carbonyl (C=O) groups excluding carboxylic acids is 1. The standard InChI is InChI=1S/C16H14FN5O3S.C4H8O/c1-7-4-9(12-11(25-3)6-19-8(2)13(12)17)10(5-18-7)14(23)20-15-21-22-16(24)26-15;1-2-4-5-3-1/h4-6H,1-3H3,(H,22,24)(H,20,21,23);1-4H2. The number of hydrogen-bond donors (Lipinski definition) is 2. The molecule has 0 saturated carbocycles. The molecule has 2 N–H and O–H groups in total. The maximum atomic E-state index is 14.8. The summed E-state index contributed by atoms with van der Waals surface area (Å²) in [4.78, 5) is 31.5. The average molecular weight is 447 g/mol. The number of hydrogen-bond acceptors (Lipinski definition) is 8. The topological polar surface area (TPSA) is 119 Å². The summed E-state index contributed by atoms with van der Waals surface area (Å²) in [6, 6.07) is 1.59. The van der Waals surface area contributed by atoms with Crippen LogP contribution in [0.1, 0.15) is 34.6 Å². The smallest absolute Gasteiger partial charge is 0.324 e. The van der Waals surface area contributed by atoms with Gasteiger partial charge in [-0.05, 0) is 44.1 Å². The van der Waals surface area contributed by atoms with Crippen LogP contribution in [0.3, 0.4) is 0 Å². The van der Waals surface area contributed by atoms with Crippen LogP contribution in [0.25, 0.3) is 11.1 Å². The lowest BCUT2D eigenvalue weighted by Gasteiger charge is -2.14. The number of anilines is 1. The monoisotopic (exact) mass is 447 g/mol. The Kier molecular flexibility index (Phi) is 7.42. The molecule has 3 aromatic heterocycles. The van der Waals surface area contributed by atoms with E-state index in [1.54, 1.807) is 13.0 Å². The second kappa shape index (κ2) is 10.2. The summed E-state index contributed by atoms with van der Waals surface area (Å²) in [5.41, 5.74) is 1.30. The van der Waals surface area contributed by atoms with E-state index in [0.717, 1.165) is 24.6 Å². The Balaban J connectivity index is 0.000000478. The maximum Gasteiger partial charge on any atom is 0.324 e. The van der Waals surface area contributed by atoms with E-state index in [-0.39, 0.29) is 27.7 Å². The molecular weight excluding hydrogens is 425 g/mol. The van der Waals surface area contributed by atoms with Gasteiger partial charge in [0.1, 0.15) is 5.75 Å². The predicted octanol–water partition coefficient (Wildman–Crippen LogP) is 3.10. The third-order valence-electron chi connectivity index (χ3n) is 4.42. The second-order valence-corrected chi connectivity index (χ2v) is 7.63. The van der Waals surface area contributed by atoms with Crippen molar-refractivity contribution in [1.82, 2.24) is 20.2 Å². The van der Waals surface area contributed by atoms with Crippen LogP contribution in [0.15, 0.2) is 23.3 Å². The summed E-state index contributed by atoms with van der Waals surface area (Å²) in [5.74, 6) is -0.975. The Hall–Kier alpha value is -3.18. The van der Waals surface area contributed by atoms with Gasteiger partial charge < -0.3 is 9.47 Å². The van der Waals surface area contributed by atoms with E-state index in [4.69, 9.17) is 9.47 Å². The number of nitrogens with one attached hydrogen (secondary N) is 2. The number of aromatic nitrogens is 4. The molecule has 4 heterocycles. The molecule has 4 rings (SSSR count). The van der Waals surface area contributed by atoms with Crippen molar-refractivity contribution in [3.63, 3.8) is 0 Å². The summed E-state index contributed by atoms with van der Waals surface area (Å²) in [6.45, 7) is 5.25. The molecule has 3 aromatic rings. The molecule has 1 amide bonds. The average Bonchev–Trinajstić information content (AvgIpc) is 3.45. The molecule has 164 valence electrons. The highest BCUT2D eigenvalue weighted by Crippen LogP contribution is 2.35. The fraction of sp³-hybridized carbons (Fsp3) is 0.350. The summed E-state index contributed by atoms with van der Waals surface area (Å²) in [6.07, 6.45) is 5.29. The Bertz CT molecular complexity index is 1120. The first-order chi connectivity index (χ1) is 14.9. The molecule has 1 fully saturated rings. The van der Waals surface area contributed by atoms with Crippen molar-refractivity contribution in [3.05, 3.63) is 50.9 Å². The first-order valence-electron chi connectivity index (χ1n) is 9.51. The van der Waals surface area contributed by atoms with Crippen molar-refractivity contribution in [1.29, 1.82) is 0 Å². The number of H-pyrrole nitrogens is 1. The lowest BCUT2D eigenvalue weighted by molar-refractivity contribution is 0.102. The molecule has 9 nitrogen and oxygen atoms in total. The minimum atomic E-state index is -0.589. The van der Waals surface area contributed by atoms with Gasteiger partial charge in [0.05, 0.1) is 30.1 Å². The van der Waals surface area contributed by atoms with E-state index >= 15 is 0 Å². The van der Waals surface area contributed by atoms with Gasteiger partial charge in [-0.1, -0.05) is 0 Å². The Labute approximate surface area is 181 Å². The fourth-order valence-electron chi connectivity index (χ4n) is 2.88. The van der Waals surface area contributed by atoms with Gasteiger partial charge in [-0.2, -0.15) is 0 Å². The van der Waals surface area contributed by atoms with E-state index in [1.807, 2.05) is 0 Å². The second-order valence-electron chi connectivity index (χ2n) is 6.66. The van der Waals surface area contributed by atoms with Gasteiger partial charge >= 0.3 is 4.87 Å². The minimum Gasteiger partial charge on any atom is -0.494 e. The van der Waals surface area contributed by atoms with Gasteiger partial charge in [-0.25, -0.2) is 9.49 Å². The van der Waals surface area contributed by atoms with Crippen molar-refractivity contribution in [2.45, 2.75) is 26.7 Å². The van der Waals surface area contributed by atoms with Crippen molar-refractivity contribution in [2.75, 3.05) is 25.6 Å². The molecule has 0 aromatic carbocycles. The summed E-state index contributed by atoms with van der Waals surface area (Å²) < 4.78 is 25.0. The Morgan fingerprint density at radius 2 is 2.00 bits per heavy atom. The zero-order chi connectivity index (χ0) is 22.4.